The van der Waals surface area contributed by atoms with E-state index >= 15 is 0 Å². The van der Waals surface area contributed by atoms with Gasteiger partial charge in [0, 0.05) is 6.07 Å². The number of hydrogen-bond donors (Lipinski definition) is 2. The Bertz CT molecular complexity index is 212. The summed E-state index contributed by atoms with van der Waals surface area (Å²) in [5.74, 6) is 0.152. The van der Waals surface area contributed by atoms with Crippen LogP contribution in [0, 0.1) is 3.57 Å². The third kappa shape index (κ3) is 1.54. The van der Waals surface area contributed by atoms with Gasteiger partial charge in [0.05, 0.1) is 8.04 Å². The summed E-state index contributed by atoms with van der Waals surface area (Å²) in [7, 11) is 0. The van der Waals surface area contributed by atoms with Gasteiger partial charge in [-0.25, -0.2) is 0 Å². The van der Waals surface area contributed by atoms with Gasteiger partial charge in [0.25, 0.3) is 0 Å². The third-order valence-electron chi connectivity index (χ3n) is 1.02. The van der Waals surface area contributed by atoms with Crippen LogP contribution in [0.5, 0.6) is 11.5 Å². The minimum absolute atomic E-state index is 0.0536. The third-order valence-corrected chi connectivity index (χ3v) is 2.52. The lowest BCUT2D eigenvalue weighted by Crippen LogP contribution is -1.74. The first kappa shape index (κ1) is 8.13. The molecule has 1 aromatic rings. The van der Waals surface area contributed by atoms with Crippen molar-refractivity contribution < 1.29 is 10.2 Å². The maximum absolute atomic E-state index is 9.04. The zero-order chi connectivity index (χ0) is 7.72. The maximum Gasteiger partial charge on any atom is 0.133 e. The summed E-state index contributed by atoms with van der Waals surface area (Å²) in [5, 5.41) is 18.1. The first-order valence-electron chi connectivity index (χ1n) is 2.48. The van der Waals surface area contributed by atoms with Crippen molar-refractivity contribution in [3.63, 3.8) is 0 Å². The second kappa shape index (κ2) is 2.96. The van der Waals surface area contributed by atoms with Crippen LogP contribution in [0.15, 0.2) is 16.6 Å². The maximum atomic E-state index is 9.04. The minimum Gasteiger partial charge on any atom is -0.507 e. The summed E-state index contributed by atoms with van der Waals surface area (Å²) < 4.78 is 1.30. The number of phenolic OH excluding ortho intramolecular Hbond substituents is 2. The molecule has 0 atom stereocenters. The van der Waals surface area contributed by atoms with Crippen molar-refractivity contribution in [1.82, 2.24) is 0 Å². The lowest BCUT2D eigenvalue weighted by Gasteiger charge is -1.99. The molecular weight excluding hydrogens is 311 g/mol. The smallest absolute Gasteiger partial charge is 0.133 e. The summed E-state index contributed by atoms with van der Waals surface area (Å²) in [5.41, 5.74) is 0. The molecule has 54 valence electrons. The van der Waals surface area contributed by atoms with Crippen LogP contribution in [0.1, 0.15) is 0 Å². The van der Waals surface area contributed by atoms with Crippen LogP contribution < -0.4 is 0 Å². The Labute approximate surface area is 80.1 Å². The Kier molecular flexibility index (Phi) is 2.40. The van der Waals surface area contributed by atoms with E-state index in [0.29, 0.717) is 8.04 Å². The van der Waals surface area contributed by atoms with Crippen molar-refractivity contribution in [3.8, 4) is 11.5 Å². The lowest BCUT2D eigenvalue weighted by molar-refractivity contribution is 0.446. The van der Waals surface area contributed by atoms with E-state index in [1.54, 1.807) is 6.07 Å². The second-order valence-corrected chi connectivity index (χ2v) is 3.77. The molecule has 0 saturated heterocycles. The van der Waals surface area contributed by atoms with E-state index in [4.69, 9.17) is 10.2 Å². The normalized spacial score (nSPS) is 9.80. The Morgan fingerprint density at radius 3 is 2.30 bits per heavy atom. The van der Waals surface area contributed by atoms with E-state index in [-0.39, 0.29) is 11.5 Å². The van der Waals surface area contributed by atoms with E-state index < -0.39 is 0 Å². The number of hydrogen-bond acceptors (Lipinski definition) is 2. The quantitative estimate of drug-likeness (QED) is 0.722. The Morgan fingerprint density at radius 2 is 1.80 bits per heavy atom. The summed E-state index contributed by atoms with van der Waals surface area (Å²) in [4.78, 5) is 0. The van der Waals surface area contributed by atoms with Gasteiger partial charge in [0.2, 0.25) is 0 Å². The first-order valence-corrected chi connectivity index (χ1v) is 4.35. The fourth-order valence-corrected chi connectivity index (χ4v) is 1.76. The highest BCUT2D eigenvalue weighted by Crippen LogP contribution is 2.31. The molecule has 0 amide bonds. The molecule has 2 nitrogen and oxygen atoms in total. The van der Waals surface area contributed by atoms with Crippen molar-refractivity contribution in [2.75, 3.05) is 0 Å². The van der Waals surface area contributed by atoms with E-state index in [1.807, 2.05) is 22.6 Å². The highest BCUT2D eigenvalue weighted by atomic mass is 127. The largest absolute Gasteiger partial charge is 0.507 e. The van der Waals surface area contributed by atoms with Gasteiger partial charge in [0.15, 0.2) is 0 Å². The average Bonchev–Trinajstić information content (AvgIpc) is 1.84. The van der Waals surface area contributed by atoms with Crippen LogP contribution >= 0.6 is 38.5 Å². The molecule has 0 aromatic heterocycles. The van der Waals surface area contributed by atoms with Crippen molar-refractivity contribution >= 4 is 38.5 Å². The van der Waals surface area contributed by atoms with Crippen LogP contribution in [0.3, 0.4) is 0 Å². The fourth-order valence-electron chi connectivity index (χ4n) is 0.527. The minimum atomic E-state index is 0.0536. The van der Waals surface area contributed by atoms with Crippen molar-refractivity contribution in [2.24, 2.45) is 0 Å². The number of rotatable bonds is 0. The zero-order valence-corrected chi connectivity index (χ0v) is 8.55. The van der Waals surface area contributed by atoms with Gasteiger partial charge in [-0.1, -0.05) is 0 Å². The lowest BCUT2D eigenvalue weighted by atomic mass is 10.3. The molecule has 0 radical (unpaired) electrons. The van der Waals surface area contributed by atoms with E-state index in [2.05, 4.69) is 15.9 Å². The van der Waals surface area contributed by atoms with Crippen LogP contribution in [-0.4, -0.2) is 10.2 Å². The molecule has 0 aliphatic heterocycles. The molecule has 10 heavy (non-hydrogen) atoms. The monoisotopic (exact) mass is 314 g/mol. The highest BCUT2D eigenvalue weighted by molar-refractivity contribution is 14.1. The summed E-state index contributed by atoms with van der Waals surface area (Å²) in [6.45, 7) is 0. The fraction of sp³-hybridized carbons (Fsp3) is 0. The molecule has 0 bridgehead atoms. The molecule has 0 aliphatic carbocycles. The van der Waals surface area contributed by atoms with Gasteiger partial charge in [-0.05, 0) is 44.6 Å². The van der Waals surface area contributed by atoms with E-state index in [0.717, 1.165) is 0 Å². The van der Waals surface area contributed by atoms with Crippen molar-refractivity contribution in [2.45, 2.75) is 0 Å². The number of aromatic hydroxyl groups is 2. The molecule has 1 rings (SSSR count). The predicted molar refractivity (Wildman–Crippen MR) is 50.2 cm³/mol. The van der Waals surface area contributed by atoms with Crippen LogP contribution in [-0.2, 0) is 0 Å². The molecule has 0 fully saturated rings. The predicted octanol–water partition coefficient (Wildman–Crippen LogP) is 2.46. The van der Waals surface area contributed by atoms with Gasteiger partial charge in [0.1, 0.15) is 11.5 Å². The van der Waals surface area contributed by atoms with Crippen molar-refractivity contribution in [3.05, 3.63) is 20.2 Å². The molecular formula is C6H4BrIO2. The average molecular weight is 315 g/mol. The number of phenols is 2. The Morgan fingerprint density at radius 1 is 1.20 bits per heavy atom. The van der Waals surface area contributed by atoms with Crippen LogP contribution in [0.2, 0.25) is 0 Å². The molecule has 0 spiro atoms. The molecule has 0 aliphatic rings. The summed E-state index contributed by atoms with van der Waals surface area (Å²) in [6, 6.07) is 2.94. The second-order valence-electron chi connectivity index (χ2n) is 1.76. The Hall–Kier alpha value is 0.0300. The molecule has 2 N–H and O–H groups in total. The standard InChI is InChI=1S/C6H4BrIO2/c7-3-1-4(8)6(10)2-5(3)9/h1-2,9-10H. The van der Waals surface area contributed by atoms with Gasteiger partial charge >= 0.3 is 0 Å². The van der Waals surface area contributed by atoms with Crippen LogP contribution in [0.4, 0.5) is 0 Å². The zero-order valence-electron chi connectivity index (χ0n) is 4.81. The number of halogens is 2. The Balaban J connectivity index is 3.28. The molecule has 4 heteroatoms. The van der Waals surface area contributed by atoms with Crippen LogP contribution in [0.25, 0.3) is 0 Å². The van der Waals surface area contributed by atoms with Gasteiger partial charge < -0.3 is 10.2 Å². The molecule has 1 aromatic carbocycles. The topological polar surface area (TPSA) is 40.5 Å². The van der Waals surface area contributed by atoms with E-state index in [9.17, 15) is 0 Å². The molecule has 0 saturated carbocycles. The molecule has 0 heterocycles. The van der Waals surface area contributed by atoms with Crippen molar-refractivity contribution in [1.29, 1.82) is 0 Å². The first-order chi connectivity index (χ1) is 4.61. The SMILES string of the molecule is Oc1cc(O)c(I)cc1Br. The summed E-state index contributed by atoms with van der Waals surface area (Å²) in [6.07, 6.45) is 0. The van der Waals surface area contributed by atoms with Gasteiger partial charge in [-0.3, -0.25) is 0 Å². The van der Waals surface area contributed by atoms with Gasteiger partial charge in [-0.2, -0.15) is 0 Å². The molecule has 0 unspecified atom stereocenters. The van der Waals surface area contributed by atoms with E-state index in [1.165, 1.54) is 6.07 Å². The number of benzene rings is 1. The highest BCUT2D eigenvalue weighted by Gasteiger charge is 2.02. The summed E-state index contributed by atoms with van der Waals surface area (Å²) >= 11 is 5.09. The van der Waals surface area contributed by atoms with Gasteiger partial charge in [-0.15, -0.1) is 0 Å².